The SMILES string of the molecule is CCC(Cc1ccc(O)c(O)c1)N=NN. The van der Waals surface area contributed by atoms with Crippen LogP contribution in [0.25, 0.3) is 0 Å². The molecule has 0 spiro atoms. The Morgan fingerprint density at radius 2 is 2.07 bits per heavy atom. The third-order valence-electron chi connectivity index (χ3n) is 2.21. The molecule has 0 aliphatic carbocycles. The second kappa shape index (κ2) is 5.19. The van der Waals surface area contributed by atoms with Crippen molar-refractivity contribution < 1.29 is 10.2 Å². The maximum atomic E-state index is 9.29. The summed E-state index contributed by atoms with van der Waals surface area (Å²) < 4.78 is 0. The van der Waals surface area contributed by atoms with Crippen molar-refractivity contribution in [3.63, 3.8) is 0 Å². The van der Waals surface area contributed by atoms with Crippen LogP contribution in [0, 0.1) is 0 Å². The van der Waals surface area contributed by atoms with Gasteiger partial charge in [0.2, 0.25) is 0 Å². The van der Waals surface area contributed by atoms with E-state index >= 15 is 0 Å². The lowest BCUT2D eigenvalue weighted by molar-refractivity contribution is 0.403. The molecule has 82 valence electrons. The van der Waals surface area contributed by atoms with Crippen molar-refractivity contribution in [3.05, 3.63) is 23.8 Å². The molecule has 1 atom stereocenters. The molecule has 0 saturated carbocycles. The zero-order valence-electron chi connectivity index (χ0n) is 8.59. The highest BCUT2D eigenvalue weighted by Gasteiger charge is 2.07. The molecule has 0 aliphatic rings. The van der Waals surface area contributed by atoms with E-state index in [0.717, 1.165) is 12.0 Å². The van der Waals surface area contributed by atoms with Gasteiger partial charge in [0, 0.05) is 0 Å². The molecule has 5 nitrogen and oxygen atoms in total. The van der Waals surface area contributed by atoms with Gasteiger partial charge in [0.05, 0.1) is 6.04 Å². The number of rotatable bonds is 4. The second-order valence-electron chi connectivity index (χ2n) is 3.32. The first-order valence-electron chi connectivity index (χ1n) is 4.78. The Labute approximate surface area is 88.2 Å². The maximum Gasteiger partial charge on any atom is 0.157 e. The lowest BCUT2D eigenvalue weighted by Crippen LogP contribution is -2.06. The molecule has 5 heteroatoms. The van der Waals surface area contributed by atoms with Crippen LogP contribution in [0.3, 0.4) is 0 Å². The van der Waals surface area contributed by atoms with Gasteiger partial charge in [-0.05, 0) is 30.5 Å². The van der Waals surface area contributed by atoms with Gasteiger partial charge in [-0.2, -0.15) is 5.11 Å². The minimum Gasteiger partial charge on any atom is -0.504 e. The van der Waals surface area contributed by atoms with Crippen LogP contribution in [-0.4, -0.2) is 16.3 Å². The average Bonchev–Trinajstić information content (AvgIpc) is 2.23. The van der Waals surface area contributed by atoms with Crippen molar-refractivity contribution >= 4 is 0 Å². The lowest BCUT2D eigenvalue weighted by atomic mass is 10.0. The number of hydrogen-bond donors (Lipinski definition) is 3. The Balaban J connectivity index is 2.75. The van der Waals surface area contributed by atoms with Crippen molar-refractivity contribution in [1.29, 1.82) is 0 Å². The molecule has 15 heavy (non-hydrogen) atoms. The van der Waals surface area contributed by atoms with E-state index in [4.69, 9.17) is 10.9 Å². The quantitative estimate of drug-likeness (QED) is 0.305. The summed E-state index contributed by atoms with van der Waals surface area (Å²) in [5.41, 5.74) is 0.893. The van der Waals surface area contributed by atoms with Crippen molar-refractivity contribution in [1.82, 2.24) is 0 Å². The van der Waals surface area contributed by atoms with Crippen LogP contribution in [0.4, 0.5) is 0 Å². The molecule has 0 bridgehead atoms. The van der Waals surface area contributed by atoms with Gasteiger partial charge in [-0.1, -0.05) is 18.2 Å². The van der Waals surface area contributed by atoms with Gasteiger partial charge in [0.15, 0.2) is 11.5 Å². The van der Waals surface area contributed by atoms with E-state index < -0.39 is 0 Å². The summed E-state index contributed by atoms with van der Waals surface area (Å²) in [6.07, 6.45) is 1.47. The Hall–Kier alpha value is -1.78. The molecule has 0 heterocycles. The molecule has 0 fully saturated rings. The first kappa shape index (κ1) is 11.3. The number of phenolic OH excluding ortho intramolecular Hbond substituents is 2. The molecule has 0 saturated heterocycles. The van der Waals surface area contributed by atoms with E-state index in [1.165, 1.54) is 12.1 Å². The third kappa shape index (κ3) is 3.12. The van der Waals surface area contributed by atoms with Crippen LogP contribution in [0.2, 0.25) is 0 Å². The molecular weight excluding hydrogens is 194 g/mol. The van der Waals surface area contributed by atoms with Crippen molar-refractivity contribution in [2.45, 2.75) is 25.8 Å². The van der Waals surface area contributed by atoms with Crippen LogP contribution in [-0.2, 0) is 6.42 Å². The van der Waals surface area contributed by atoms with Gasteiger partial charge in [-0.3, -0.25) is 0 Å². The summed E-state index contributed by atoms with van der Waals surface area (Å²) in [5, 5.41) is 25.5. The van der Waals surface area contributed by atoms with E-state index in [9.17, 15) is 5.11 Å². The molecule has 0 aliphatic heterocycles. The Morgan fingerprint density at radius 3 is 2.60 bits per heavy atom. The van der Waals surface area contributed by atoms with E-state index in [-0.39, 0.29) is 17.5 Å². The minimum atomic E-state index is -0.118. The zero-order chi connectivity index (χ0) is 11.3. The highest BCUT2D eigenvalue weighted by molar-refractivity contribution is 5.40. The fraction of sp³-hybridized carbons (Fsp3) is 0.400. The van der Waals surface area contributed by atoms with Gasteiger partial charge in [0.25, 0.3) is 0 Å². The zero-order valence-corrected chi connectivity index (χ0v) is 8.59. The fourth-order valence-corrected chi connectivity index (χ4v) is 1.33. The summed E-state index contributed by atoms with van der Waals surface area (Å²) in [6, 6.07) is 4.73. The molecule has 1 rings (SSSR count). The van der Waals surface area contributed by atoms with E-state index in [1.54, 1.807) is 6.07 Å². The molecule has 4 N–H and O–H groups in total. The highest BCUT2D eigenvalue weighted by atomic mass is 16.3. The summed E-state index contributed by atoms with van der Waals surface area (Å²) >= 11 is 0. The van der Waals surface area contributed by atoms with Crippen LogP contribution in [0.5, 0.6) is 11.5 Å². The largest absolute Gasteiger partial charge is 0.504 e. The van der Waals surface area contributed by atoms with Gasteiger partial charge in [-0.25, -0.2) is 0 Å². The minimum absolute atomic E-state index is 0.0129. The van der Waals surface area contributed by atoms with Crippen molar-refractivity contribution in [3.8, 4) is 11.5 Å². The summed E-state index contributed by atoms with van der Waals surface area (Å²) in [4.78, 5) is 0. The number of hydrogen-bond acceptors (Lipinski definition) is 4. The number of nitrogens with two attached hydrogens (primary N) is 1. The van der Waals surface area contributed by atoms with E-state index in [1.807, 2.05) is 6.92 Å². The van der Waals surface area contributed by atoms with Gasteiger partial charge in [0.1, 0.15) is 0 Å². The molecule has 0 amide bonds. The standard InChI is InChI=1S/C10H15N3O2/c1-2-8(12-13-11)5-7-3-4-9(14)10(15)6-7/h3-4,6,8,14-15H,2,5H2,1H3,(H2,11,12). The Bertz CT molecular complexity index is 353. The number of aromatic hydroxyl groups is 2. The summed E-state index contributed by atoms with van der Waals surface area (Å²) in [5.74, 6) is 4.74. The average molecular weight is 209 g/mol. The van der Waals surface area contributed by atoms with Gasteiger partial charge in [-0.15, -0.1) is 0 Å². The second-order valence-corrected chi connectivity index (χ2v) is 3.32. The van der Waals surface area contributed by atoms with Crippen molar-refractivity contribution in [2.24, 2.45) is 16.2 Å². The Morgan fingerprint density at radius 1 is 1.33 bits per heavy atom. The van der Waals surface area contributed by atoms with Crippen LogP contribution in [0.1, 0.15) is 18.9 Å². The molecule has 1 aromatic carbocycles. The molecule has 1 unspecified atom stereocenters. The fourth-order valence-electron chi connectivity index (χ4n) is 1.33. The van der Waals surface area contributed by atoms with E-state index in [2.05, 4.69) is 10.3 Å². The van der Waals surface area contributed by atoms with Crippen molar-refractivity contribution in [2.75, 3.05) is 0 Å². The maximum absolute atomic E-state index is 9.29. The lowest BCUT2D eigenvalue weighted by Gasteiger charge is -2.08. The number of nitrogens with zero attached hydrogens (tertiary/aromatic N) is 2. The molecular formula is C10H15N3O2. The normalized spacial score (nSPS) is 13.1. The predicted molar refractivity (Wildman–Crippen MR) is 56.6 cm³/mol. The summed E-state index contributed by atoms with van der Waals surface area (Å²) in [7, 11) is 0. The molecule has 1 aromatic rings. The molecule has 0 aromatic heterocycles. The first-order chi connectivity index (χ1) is 7.17. The van der Waals surface area contributed by atoms with E-state index in [0.29, 0.717) is 6.42 Å². The monoisotopic (exact) mass is 209 g/mol. The van der Waals surface area contributed by atoms with Crippen LogP contribution >= 0.6 is 0 Å². The van der Waals surface area contributed by atoms with Crippen LogP contribution in [0.15, 0.2) is 28.5 Å². The Kier molecular flexibility index (Phi) is 3.91. The highest BCUT2D eigenvalue weighted by Crippen LogP contribution is 2.25. The topological polar surface area (TPSA) is 91.2 Å². The smallest absolute Gasteiger partial charge is 0.157 e. The molecule has 0 radical (unpaired) electrons. The predicted octanol–water partition coefficient (Wildman–Crippen LogP) is 1.74. The van der Waals surface area contributed by atoms with Gasteiger partial charge < -0.3 is 16.1 Å². The number of benzene rings is 1. The third-order valence-corrected chi connectivity index (χ3v) is 2.21. The van der Waals surface area contributed by atoms with Gasteiger partial charge >= 0.3 is 0 Å². The number of phenols is 2. The summed E-state index contributed by atoms with van der Waals surface area (Å²) in [6.45, 7) is 1.99. The van der Waals surface area contributed by atoms with Crippen LogP contribution < -0.4 is 5.84 Å². The first-order valence-corrected chi connectivity index (χ1v) is 4.78.